The average molecular weight is 295 g/mol. The second kappa shape index (κ2) is 7.16. The number of likely N-dealkylation sites (tertiary alicyclic amines) is 1. The molecule has 0 aliphatic carbocycles. The SMILES string of the molecule is CCN1CCC(CNC(=O)Cn2cc(C(=O)O)nn2)CC1. The number of piperidine rings is 1. The van der Waals surface area contributed by atoms with E-state index in [-0.39, 0.29) is 18.1 Å². The fraction of sp³-hybridized carbons (Fsp3) is 0.692. The maximum Gasteiger partial charge on any atom is 0.358 e. The molecule has 8 heteroatoms. The van der Waals surface area contributed by atoms with Gasteiger partial charge in [-0.15, -0.1) is 5.10 Å². The van der Waals surface area contributed by atoms with Gasteiger partial charge in [0.2, 0.25) is 5.91 Å². The topological polar surface area (TPSA) is 100 Å². The summed E-state index contributed by atoms with van der Waals surface area (Å²) in [7, 11) is 0. The molecule has 2 rings (SSSR count). The molecule has 1 saturated heterocycles. The quantitative estimate of drug-likeness (QED) is 0.755. The van der Waals surface area contributed by atoms with Crippen molar-refractivity contribution in [3.8, 4) is 0 Å². The number of carbonyl (C=O) groups excluding carboxylic acids is 1. The first-order valence-corrected chi connectivity index (χ1v) is 7.21. The zero-order valence-corrected chi connectivity index (χ0v) is 12.2. The number of aromatic nitrogens is 3. The minimum absolute atomic E-state index is 0.00587. The molecule has 0 radical (unpaired) electrons. The van der Waals surface area contributed by atoms with Crippen molar-refractivity contribution in [2.45, 2.75) is 26.3 Å². The van der Waals surface area contributed by atoms with Crippen LogP contribution in [0.2, 0.25) is 0 Å². The van der Waals surface area contributed by atoms with Crippen LogP contribution in [0.4, 0.5) is 0 Å². The Labute approximate surface area is 123 Å². The lowest BCUT2D eigenvalue weighted by atomic mass is 9.97. The van der Waals surface area contributed by atoms with Gasteiger partial charge in [-0.2, -0.15) is 0 Å². The molecule has 1 amide bonds. The smallest absolute Gasteiger partial charge is 0.358 e. The predicted octanol–water partition coefficient (Wildman–Crippen LogP) is -0.176. The van der Waals surface area contributed by atoms with E-state index in [0.29, 0.717) is 12.5 Å². The van der Waals surface area contributed by atoms with Crippen LogP contribution in [0, 0.1) is 5.92 Å². The van der Waals surface area contributed by atoms with E-state index in [1.807, 2.05) is 0 Å². The van der Waals surface area contributed by atoms with Crippen molar-refractivity contribution in [1.82, 2.24) is 25.2 Å². The van der Waals surface area contributed by atoms with Crippen molar-refractivity contribution in [3.63, 3.8) is 0 Å². The van der Waals surface area contributed by atoms with Crippen LogP contribution in [0.25, 0.3) is 0 Å². The first-order valence-electron chi connectivity index (χ1n) is 7.21. The maximum absolute atomic E-state index is 11.8. The Bertz CT molecular complexity index is 494. The van der Waals surface area contributed by atoms with Gasteiger partial charge in [0.1, 0.15) is 6.54 Å². The summed E-state index contributed by atoms with van der Waals surface area (Å²) in [4.78, 5) is 24.9. The minimum Gasteiger partial charge on any atom is -0.476 e. The summed E-state index contributed by atoms with van der Waals surface area (Å²) >= 11 is 0. The highest BCUT2D eigenvalue weighted by Gasteiger charge is 2.18. The second-order valence-corrected chi connectivity index (χ2v) is 5.29. The molecule has 0 atom stereocenters. The number of hydrogen-bond donors (Lipinski definition) is 2. The van der Waals surface area contributed by atoms with Crippen LogP contribution in [0.15, 0.2) is 6.20 Å². The first kappa shape index (κ1) is 15.4. The van der Waals surface area contributed by atoms with Crippen LogP contribution in [-0.4, -0.2) is 63.1 Å². The highest BCUT2D eigenvalue weighted by atomic mass is 16.4. The molecule has 0 unspecified atom stereocenters. The number of carboxylic acids is 1. The van der Waals surface area contributed by atoms with Gasteiger partial charge in [0.25, 0.3) is 0 Å². The van der Waals surface area contributed by atoms with E-state index in [9.17, 15) is 9.59 Å². The Morgan fingerprint density at radius 3 is 2.71 bits per heavy atom. The lowest BCUT2D eigenvalue weighted by molar-refractivity contribution is -0.122. The minimum atomic E-state index is -1.15. The Balaban J connectivity index is 1.71. The summed E-state index contributed by atoms with van der Waals surface area (Å²) in [6, 6.07) is 0. The van der Waals surface area contributed by atoms with Gasteiger partial charge in [0, 0.05) is 6.54 Å². The summed E-state index contributed by atoms with van der Waals surface area (Å²) in [6.07, 6.45) is 3.45. The van der Waals surface area contributed by atoms with E-state index in [2.05, 4.69) is 27.5 Å². The van der Waals surface area contributed by atoms with Crippen molar-refractivity contribution in [1.29, 1.82) is 0 Å². The molecule has 116 valence electrons. The molecule has 1 aromatic rings. The molecule has 8 nitrogen and oxygen atoms in total. The van der Waals surface area contributed by atoms with Gasteiger partial charge >= 0.3 is 5.97 Å². The Morgan fingerprint density at radius 2 is 2.14 bits per heavy atom. The molecule has 0 spiro atoms. The van der Waals surface area contributed by atoms with Crippen LogP contribution in [0.5, 0.6) is 0 Å². The summed E-state index contributed by atoms with van der Waals surface area (Å²) < 4.78 is 1.23. The van der Waals surface area contributed by atoms with Gasteiger partial charge in [0.05, 0.1) is 6.20 Å². The number of amides is 1. The molecule has 1 fully saturated rings. The van der Waals surface area contributed by atoms with Gasteiger partial charge in [-0.1, -0.05) is 12.1 Å². The van der Waals surface area contributed by atoms with E-state index in [0.717, 1.165) is 32.5 Å². The van der Waals surface area contributed by atoms with Gasteiger partial charge in [-0.25, -0.2) is 9.48 Å². The highest BCUT2D eigenvalue weighted by molar-refractivity contribution is 5.84. The van der Waals surface area contributed by atoms with E-state index >= 15 is 0 Å². The average Bonchev–Trinajstić information content (AvgIpc) is 2.94. The summed E-state index contributed by atoms with van der Waals surface area (Å²) in [5.74, 6) is -0.804. The third-order valence-electron chi connectivity index (χ3n) is 3.81. The van der Waals surface area contributed by atoms with E-state index in [1.165, 1.54) is 10.9 Å². The Morgan fingerprint density at radius 1 is 1.43 bits per heavy atom. The number of carbonyl (C=O) groups is 2. The number of aromatic carboxylic acids is 1. The molecule has 21 heavy (non-hydrogen) atoms. The lowest BCUT2D eigenvalue weighted by Crippen LogP contribution is -2.39. The molecule has 0 aromatic carbocycles. The third-order valence-corrected chi connectivity index (χ3v) is 3.81. The lowest BCUT2D eigenvalue weighted by Gasteiger charge is -2.31. The first-order chi connectivity index (χ1) is 10.1. The van der Waals surface area contributed by atoms with E-state index in [1.54, 1.807) is 0 Å². The fourth-order valence-electron chi connectivity index (χ4n) is 2.44. The molecular weight excluding hydrogens is 274 g/mol. The van der Waals surface area contributed by atoms with Crippen LogP contribution < -0.4 is 5.32 Å². The van der Waals surface area contributed by atoms with Gasteiger partial charge < -0.3 is 15.3 Å². The standard InChI is InChI=1S/C13H21N5O3/c1-2-17-5-3-10(4-6-17)7-14-12(19)9-18-8-11(13(20)21)15-16-18/h8,10H,2-7,9H2,1H3,(H,14,19)(H,20,21). The zero-order chi connectivity index (χ0) is 15.2. The van der Waals surface area contributed by atoms with Gasteiger partial charge in [0.15, 0.2) is 5.69 Å². The Hall–Kier alpha value is -1.96. The number of hydrogen-bond acceptors (Lipinski definition) is 5. The number of nitrogens with one attached hydrogen (secondary N) is 1. The summed E-state index contributed by atoms with van der Waals surface area (Å²) in [6.45, 7) is 6.07. The van der Waals surface area contributed by atoms with Crippen LogP contribution in [0.1, 0.15) is 30.3 Å². The molecule has 1 aromatic heterocycles. The summed E-state index contributed by atoms with van der Waals surface area (Å²) in [5, 5.41) is 18.7. The monoisotopic (exact) mass is 295 g/mol. The second-order valence-electron chi connectivity index (χ2n) is 5.29. The number of rotatable bonds is 6. The van der Waals surface area contributed by atoms with Crippen LogP contribution in [-0.2, 0) is 11.3 Å². The molecule has 0 saturated carbocycles. The third kappa shape index (κ3) is 4.52. The largest absolute Gasteiger partial charge is 0.476 e. The zero-order valence-electron chi connectivity index (χ0n) is 12.2. The van der Waals surface area contributed by atoms with Crippen molar-refractivity contribution >= 4 is 11.9 Å². The molecular formula is C13H21N5O3. The van der Waals surface area contributed by atoms with E-state index in [4.69, 9.17) is 5.11 Å². The van der Waals surface area contributed by atoms with Crippen molar-refractivity contribution in [2.24, 2.45) is 5.92 Å². The highest BCUT2D eigenvalue weighted by Crippen LogP contribution is 2.15. The maximum atomic E-state index is 11.8. The fourth-order valence-corrected chi connectivity index (χ4v) is 2.44. The van der Waals surface area contributed by atoms with Crippen LogP contribution in [0.3, 0.4) is 0 Å². The molecule has 2 N–H and O–H groups in total. The van der Waals surface area contributed by atoms with Crippen molar-refractivity contribution < 1.29 is 14.7 Å². The summed E-state index contributed by atoms with van der Waals surface area (Å²) in [5.41, 5.74) is -0.158. The Kier molecular flexibility index (Phi) is 5.26. The number of carboxylic acid groups (broad SMARTS) is 1. The van der Waals surface area contributed by atoms with Crippen LogP contribution >= 0.6 is 0 Å². The molecule has 1 aliphatic rings. The van der Waals surface area contributed by atoms with Gasteiger partial charge in [-0.05, 0) is 38.4 Å². The van der Waals surface area contributed by atoms with Gasteiger partial charge in [-0.3, -0.25) is 4.79 Å². The molecule has 0 bridgehead atoms. The molecule has 1 aliphatic heterocycles. The molecule has 2 heterocycles. The number of nitrogens with zero attached hydrogens (tertiary/aromatic N) is 4. The van der Waals surface area contributed by atoms with Crippen molar-refractivity contribution in [2.75, 3.05) is 26.2 Å². The normalized spacial score (nSPS) is 16.8. The predicted molar refractivity (Wildman–Crippen MR) is 74.8 cm³/mol. The van der Waals surface area contributed by atoms with Crippen molar-refractivity contribution in [3.05, 3.63) is 11.9 Å². The van der Waals surface area contributed by atoms with E-state index < -0.39 is 5.97 Å².